The molecule has 0 aromatic heterocycles. The number of azo groups is 1. The standard InChI is InChI=1S/C12H14N4O3/c1-7(17)11(12(13)19)16-15-10-5-3-9(4-6-10)14-8(2)18/h3-6,17H,1-2H3,(H2,13,19)(H,14,18)/b11-7-,16-15?. The highest BCUT2D eigenvalue weighted by Gasteiger charge is 2.07. The first-order valence-corrected chi connectivity index (χ1v) is 5.39. The van der Waals surface area contributed by atoms with Gasteiger partial charge in [0.25, 0.3) is 5.91 Å². The van der Waals surface area contributed by atoms with Gasteiger partial charge in [0.2, 0.25) is 5.91 Å². The Labute approximate surface area is 109 Å². The molecule has 0 atom stereocenters. The summed E-state index contributed by atoms with van der Waals surface area (Å²) in [7, 11) is 0. The number of hydrogen-bond donors (Lipinski definition) is 3. The van der Waals surface area contributed by atoms with E-state index in [2.05, 4.69) is 15.5 Å². The summed E-state index contributed by atoms with van der Waals surface area (Å²) >= 11 is 0. The predicted molar refractivity (Wildman–Crippen MR) is 69.8 cm³/mol. The highest BCUT2D eigenvalue weighted by atomic mass is 16.3. The van der Waals surface area contributed by atoms with Crippen LogP contribution in [0.4, 0.5) is 11.4 Å². The third-order valence-electron chi connectivity index (χ3n) is 2.03. The minimum atomic E-state index is -0.862. The Kier molecular flexibility index (Phi) is 4.76. The first-order chi connectivity index (χ1) is 8.90. The van der Waals surface area contributed by atoms with E-state index < -0.39 is 5.91 Å². The molecule has 0 aliphatic rings. The summed E-state index contributed by atoms with van der Waals surface area (Å²) in [5.41, 5.74) is 5.80. The Morgan fingerprint density at radius 3 is 2.21 bits per heavy atom. The average Bonchev–Trinajstić information content (AvgIpc) is 2.29. The van der Waals surface area contributed by atoms with Crippen molar-refractivity contribution in [3.05, 3.63) is 35.7 Å². The van der Waals surface area contributed by atoms with Crippen LogP contribution in [-0.4, -0.2) is 16.9 Å². The van der Waals surface area contributed by atoms with Crippen LogP contribution in [0.2, 0.25) is 0 Å². The maximum atomic E-state index is 10.9. The van der Waals surface area contributed by atoms with Crippen molar-refractivity contribution in [3.8, 4) is 0 Å². The second-order valence-corrected chi connectivity index (χ2v) is 3.73. The zero-order chi connectivity index (χ0) is 14.4. The van der Waals surface area contributed by atoms with Crippen molar-refractivity contribution in [2.45, 2.75) is 13.8 Å². The molecule has 0 saturated carbocycles. The maximum Gasteiger partial charge on any atom is 0.272 e. The number of aliphatic hydroxyl groups excluding tert-OH is 1. The van der Waals surface area contributed by atoms with Gasteiger partial charge in [-0.3, -0.25) is 9.59 Å². The van der Waals surface area contributed by atoms with Crippen molar-refractivity contribution in [2.24, 2.45) is 16.0 Å². The van der Waals surface area contributed by atoms with Crippen LogP contribution >= 0.6 is 0 Å². The largest absolute Gasteiger partial charge is 0.510 e. The van der Waals surface area contributed by atoms with Crippen LogP contribution in [0.5, 0.6) is 0 Å². The first-order valence-electron chi connectivity index (χ1n) is 5.39. The van der Waals surface area contributed by atoms with Gasteiger partial charge >= 0.3 is 0 Å². The van der Waals surface area contributed by atoms with Gasteiger partial charge in [0.1, 0.15) is 5.76 Å². The van der Waals surface area contributed by atoms with E-state index in [1.165, 1.54) is 13.8 Å². The van der Waals surface area contributed by atoms with E-state index in [-0.39, 0.29) is 17.4 Å². The number of nitrogens with two attached hydrogens (primary N) is 1. The zero-order valence-electron chi connectivity index (χ0n) is 10.5. The molecule has 2 amide bonds. The smallest absolute Gasteiger partial charge is 0.272 e. The molecule has 1 rings (SSSR count). The van der Waals surface area contributed by atoms with Crippen LogP contribution in [0.15, 0.2) is 46.0 Å². The van der Waals surface area contributed by atoms with E-state index >= 15 is 0 Å². The summed E-state index contributed by atoms with van der Waals surface area (Å²) in [5, 5.41) is 19.1. The van der Waals surface area contributed by atoms with Crippen LogP contribution in [0.1, 0.15) is 13.8 Å². The Bertz CT molecular complexity index is 543. The number of carbonyl (C=O) groups is 2. The van der Waals surface area contributed by atoms with E-state index in [0.29, 0.717) is 11.4 Å². The summed E-state index contributed by atoms with van der Waals surface area (Å²) < 4.78 is 0. The molecule has 0 spiro atoms. The highest BCUT2D eigenvalue weighted by molar-refractivity contribution is 5.91. The molecule has 0 bridgehead atoms. The molecule has 100 valence electrons. The topological polar surface area (TPSA) is 117 Å². The molecule has 0 unspecified atom stereocenters. The minimum Gasteiger partial charge on any atom is -0.510 e. The molecule has 0 radical (unpaired) electrons. The van der Waals surface area contributed by atoms with Crippen LogP contribution in [-0.2, 0) is 9.59 Å². The van der Waals surface area contributed by atoms with E-state index in [4.69, 9.17) is 5.73 Å². The fraction of sp³-hybridized carbons (Fsp3) is 0.167. The summed E-state index contributed by atoms with van der Waals surface area (Å²) in [6, 6.07) is 6.46. The van der Waals surface area contributed by atoms with Gasteiger partial charge in [-0.2, -0.15) is 5.11 Å². The van der Waals surface area contributed by atoms with Crippen LogP contribution in [0, 0.1) is 0 Å². The van der Waals surface area contributed by atoms with Crippen LogP contribution in [0.3, 0.4) is 0 Å². The van der Waals surface area contributed by atoms with Crippen molar-refractivity contribution in [1.29, 1.82) is 0 Å². The van der Waals surface area contributed by atoms with Gasteiger partial charge < -0.3 is 16.2 Å². The molecule has 4 N–H and O–H groups in total. The molecule has 7 nitrogen and oxygen atoms in total. The second-order valence-electron chi connectivity index (χ2n) is 3.73. The molecule has 0 fully saturated rings. The number of carbonyl (C=O) groups excluding carboxylic acids is 2. The molecule has 1 aromatic rings. The van der Waals surface area contributed by atoms with Crippen molar-refractivity contribution in [3.63, 3.8) is 0 Å². The van der Waals surface area contributed by atoms with Gasteiger partial charge in [-0.25, -0.2) is 0 Å². The fourth-order valence-electron chi connectivity index (χ4n) is 1.22. The number of nitrogens with one attached hydrogen (secondary N) is 1. The first kappa shape index (κ1) is 14.4. The van der Waals surface area contributed by atoms with E-state index in [0.717, 1.165) is 0 Å². The second kappa shape index (κ2) is 6.29. The summed E-state index contributed by atoms with van der Waals surface area (Å²) in [6.07, 6.45) is 0. The molecule has 0 aliphatic carbocycles. The highest BCUT2D eigenvalue weighted by Crippen LogP contribution is 2.18. The lowest BCUT2D eigenvalue weighted by atomic mass is 10.3. The Morgan fingerprint density at radius 1 is 1.21 bits per heavy atom. The zero-order valence-corrected chi connectivity index (χ0v) is 10.5. The Morgan fingerprint density at radius 2 is 1.79 bits per heavy atom. The summed E-state index contributed by atoms with van der Waals surface area (Å²) in [4.78, 5) is 21.8. The molecule has 0 heterocycles. The normalized spacial score (nSPS) is 12.1. The summed E-state index contributed by atoms with van der Waals surface area (Å²) in [6.45, 7) is 2.70. The molecule has 19 heavy (non-hydrogen) atoms. The van der Waals surface area contributed by atoms with Crippen molar-refractivity contribution >= 4 is 23.2 Å². The molecule has 0 aliphatic heterocycles. The third kappa shape index (κ3) is 4.58. The van der Waals surface area contributed by atoms with E-state index in [1.54, 1.807) is 24.3 Å². The average molecular weight is 262 g/mol. The third-order valence-corrected chi connectivity index (χ3v) is 2.03. The quantitative estimate of drug-likeness (QED) is 0.437. The van der Waals surface area contributed by atoms with Crippen LogP contribution in [0.25, 0.3) is 0 Å². The number of nitrogens with zero attached hydrogens (tertiary/aromatic N) is 2. The minimum absolute atomic E-state index is 0.177. The van der Waals surface area contributed by atoms with Gasteiger partial charge in [-0.1, -0.05) is 0 Å². The van der Waals surface area contributed by atoms with Crippen molar-refractivity contribution in [2.75, 3.05) is 5.32 Å². The molecular formula is C12H14N4O3. The number of amides is 2. The van der Waals surface area contributed by atoms with Crippen molar-refractivity contribution in [1.82, 2.24) is 0 Å². The number of anilines is 1. The van der Waals surface area contributed by atoms with Gasteiger partial charge in [-0.05, 0) is 31.2 Å². The number of aliphatic hydroxyl groups is 1. The lowest BCUT2D eigenvalue weighted by Crippen LogP contribution is -2.13. The Hall–Kier alpha value is -2.70. The van der Waals surface area contributed by atoms with Gasteiger partial charge in [0.05, 0.1) is 5.69 Å². The number of rotatable bonds is 4. The number of primary amides is 1. The van der Waals surface area contributed by atoms with Crippen LogP contribution < -0.4 is 11.1 Å². The van der Waals surface area contributed by atoms with E-state index in [1.807, 2.05) is 0 Å². The van der Waals surface area contributed by atoms with Gasteiger partial charge in [0, 0.05) is 12.6 Å². The number of hydrogen-bond acceptors (Lipinski definition) is 5. The molecular weight excluding hydrogens is 248 g/mol. The van der Waals surface area contributed by atoms with Gasteiger partial charge in [-0.15, -0.1) is 5.11 Å². The monoisotopic (exact) mass is 262 g/mol. The van der Waals surface area contributed by atoms with E-state index in [9.17, 15) is 14.7 Å². The summed E-state index contributed by atoms with van der Waals surface area (Å²) in [5.74, 6) is -1.34. The number of allylic oxidation sites excluding steroid dienone is 1. The Balaban J connectivity index is 2.86. The lowest BCUT2D eigenvalue weighted by Gasteiger charge is -2.01. The molecule has 1 aromatic carbocycles. The van der Waals surface area contributed by atoms with Crippen molar-refractivity contribution < 1.29 is 14.7 Å². The SMILES string of the molecule is CC(=O)Nc1ccc(N=N/C(C(N)=O)=C(/C)O)cc1. The molecule has 7 heteroatoms. The molecule has 0 saturated heterocycles. The fourth-order valence-corrected chi connectivity index (χ4v) is 1.22. The number of benzene rings is 1. The van der Waals surface area contributed by atoms with Gasteiger partial charge in [0.15, 0.2) is 5.70 Å². The maximum absolute atomic E-state index is 10.9. The predicted octanol–water partition coefficient (Wildman–Crippen LogP) is 2.00. The lowest BCUT2D eigenvalue weighted by molar-refractivity contribution is -0.115.